The normalized spacial score (nSPS) is 12.2. The van der Waals surface area contributed by atoms with Gasteiger partial charge in [0.25, 0.3) is 5.91 Å². The number of carboxylic acid groups (broad SMARTS) is 1. The van der Waals surface area contributed by atoms with Crippen LogP contribution in [0.25, 0.3) is 0 Å². The van der Waals surface area contributed by atoms with E-state index in [9.17, 15) is 9.59 Å². The molecule has 0 spiro atoms. The van der Waals surface area contributed by atoms with Gasteiger partial charge in [0.2, 0.25) is 0 Å². The summed E-state index contributed by atoms with van der Waals surface area (Å²) in [6.07, 6.45) is 0.449. The number of carbonyl (C=O) groups is 2. The Hall–Kier alpha value is -1.20. The number of nitrogens with one attached hydrogen (secondary N) is 1. The fourth-order valence-corrected chi connectivity index (χ4v) is 1.85. The summed E-state index contributed by atoms with van der Waals surface area (Å²) in [5, 5.41) is 12.0. The van der Waals surface area contributed by atoms with Crippen LogP contribution < -0.4 is 5.32 Å². The molecule has 1 unspecified atom stereocenters. The summed E-state index contributed by atoms with van der Waals surface area (Å²) in [5.41, 5.74) is 0.297. The molecule has 0 saturated carbocycles. The number of carbonyl (C=O) groups excluding carboxylic acids is 1. The lowest BCUT2D eigenvalue weighted by atomic mass is 10.1. The summed E-state index contributed by atoms with van der Waals surface area (Å²) in [5.74, 6) is -1.92. The zero-order chi connectivity index (χ0) is 13.9. The summed E-state index contributed by atoms with van der Waals surface area (Å²) in [6, 6.07) is 1.45. The van der Waals surface area contributed by atoms with Crippen LogP contribution in [0.15, 0.2) is 6.07 Å². The molecule has 0 bridgehead atoms. The van der Waals surface area contributed by atoms with Crippen LogP contribution in [0.1, 0.15) is 23.8 Å². The summed E-state index contributed by atoms with van der Waals surface area (Å²) in [6.45, 7) is 1.83. The fourth-order valence-electron chi connectivity index (χ4n) is 1.47. The minimum Gasteiger partial charge on any atom is -0.481 e. The highest BCUT2D eigenvalue weighted by atomic mass is 35.5. The highest BCUT2D eigenvalue weighted by Gasteiger charge is 2.19. The molecule has 1 aromatic rings. The molecule has 18 heavy (non-hydrogen) atoms. The Morgan fingerprint density at radius 2 is 2.11 bits per heavy atom. The zero-order valence-electron chi connectivity index (χ0n) is 10.0. The molecule has 0 aliphatic rings. The van der Waals surface area contributed by atoms with Crippen LogP contribution in [-0.2, 0) is 11.8 Å². The van der Waals surface area contributed by atoms with Crippen molar-refractivity contribution in [3.05, 3.63) is 21.9 Å². The molecule has 0 aliphatic carbocycles. The largest absolute Gasteiger partial charge is 0.481 e. The quantitative estimate of drug-likeness (QED) is 0.874. The van der Waals surface area contributed by atoms with Crippen molar-refractivity contribution in [2.45, 2.75) is 13.3 Å². The van der Waals surface area contributed by atoms with E-state index in [4.69, 9.17) is 28.3 Å². The van der Waals surface area contributed by atoms with E-state index in [-0.39, 0.29) is 16.7 Å². The van der Waals surface area contributed by atoms with E-state index < -0.39 is 17.8 Å². The summed E-state index contributed by atoms with van der Waals surface area (Å²) in [4.78, 5) is 22.6. The Bertz CT molecular complexity index is 471. The number of aliphatic carboxylic acids is 1. The monoisotopic (exact) mass is 292 g/mol. The average molecular weight is 293 g/mol. The number of amides is 1. The second kappa shape index (κ2) is 6.11. The van der Waals surface area contributed by atoms with Gasteiger partial charge in [-0.25, -0.2) is 0 Å². The lowest BCUT2D eigenvalue weighted by molar-refractivity contribution is -0.141. The number of rotatable bonds is 5. The first-order chi connectivity index (χ1) is 8.38. The van der Waals surface area contributed by atoms with Crippen molar-refractivity contribution >= 4 is 35.1 Å². The average Bonchev–Trinajstić information content (AvgIpc) is 2.57. The van der Waals surface area contributed by atoms with Gasteiger partial charge in [-0.05, 0) is 12.5 Å². The number of hydrogen-bond donors (Lipinski definition) is 2. The molecule has 100 valence electrons. The first kappa shape index (κ1) is 14.9. The smallest absolute Gasteiger partial charge is 0.308 e. The van der Waals surface area contributed by atoms with Crippen molar-refractivity contribution in [1.82, 2.24) is 9.88 Å². The van der Waals surface area contributed by atoms with Gasteiger partial charge >= 0.3 is 5.97 Å². The van der Waals surface area contributed by atoms with Gasteiger partial charge in [-0.15, -0.1) is 0 Å². The molecule has 1 rings (SSSR count). The maximum atomic E-state index is 11.8. The minimum atomic E-state index is -0.930. The summed E-state index contributed by atoms with van der Waals surface area (Å²) >= 11 is 11.6. The second-order valence-corrected chi connectivity index (χ2v) is 4.65. The highest BCUT2D eigenvalue weighted by Crippen LogP contribution is 2.24. The van der Waals surface area contributed by atoms with Gasteiger partial charge in [0, 0.05) is 13.6 Å². The molecular formula is C11H14Cl2N2O3. The van der Waals surface area contributed by atoms with Crippen molar-refractivity contribution in [2.24, 2.45) is 13.0 Å². The number of halogens is 2. The molecule has 1 amide bonds. The molecule has 0 fully saturated rings. The van der Waals surface area contributed by atoms with E-state index in [0.717, 1.165) is 0 Å². The van der Waals surface area contributed by atoms with Crippen LogP contribution in [-0.4, -0.2) is 28.1 Å². The van der Waals surface area contributed by atoms with E-state index in [0.29, 0.717) is 12.1 Å². The van der Waals surface area contributed by atoms with Gasteiger partial charge in [-0.3, -0.25) is 9.59 Å². The van der Waals surface area contributed by atoms with Crippen molar-refractivity contribution in [1.29, 1.82) is 0 Å². The number of hydrogen-bond acceptors (Lipinski definition) is 2. The van der Waals surface area contributed by atoms with Gasteiger partial charge in [-0.2, -0.15) is 0 Å². The zero-order valence-corrected chi connectivity index (χ0v) is 11.5. The molecule has 5 nitrogen and oxygen atoms in total. The Balaban J connectivity index is 2.71. The Kier molecular flexibility index (Phi) is 5.04. The minimum absolute atomic E-state index is 0.0745. The molecule has 1 heterocycles. The van der Waals surface area contributed by atoms with Gasteiger partial charge in [0.1, 0.15) is 10.8 Å². The van der Waals surface area contributed by atoms with E-state index >= 15 is 0 Å². The maximum absolute atomic E-state index is 11.8. The van der Waals surface area contributed by atoms with Crippen molar-refractivity contribution in [3.8, 4) is 0 Å². The molecular weight excluding hydrogens is 279 g/mol. The SMILES string of the molecule is CCC(CNC(=O)c1cc(Cl)c(Cl)n1C)C(=O)O. The van der Waals surface area contributed by atoms with Gasteiger partial charge in [-0.1, -0.05) is 30.1 Å². The van der Waals surface area contributed by atoms with E-state index in [1.807, 2.05) is 0 Å². The molecule has 2 N–H and O–H groups in total. The first-order valence-electron chi connectivity index (χ1n) is 5.40. The van der Waals surface area contributed by atoms with Gasteiger partial charge < -0.3 is 15.0 Å². The molecule has 0 radical (unpaired) electrons. The van der Waals surface area contributed by atoms with E-state index in [2.05, 4.69) is 5.32 Å². The predicted octanol–water partition coefficient (Wildman–Crippen LogP) is 2.17. The van der Waals surface area contributed by atoms with Gasteiger partial charge in [0.05, 0.1) is 10.9 Å². The molecule has 0 aliphatic heterocycles. The molecule has 1 aromatic heterocycles. The van der Waals surface area contributed by atoms with Crippen molar-refractivity contribution in [3.63, 3.8) is 0 Å². The van der Waals surface area contributed by atoms with Crippen LogP contribution in [0.5, 0.6) is 0 Å². The lowest BCUT2D eigenvalue weighted by Crippen LogP contribution is -2.33. The topological polar surface area (TPSA) is 71.3 Å². The molecule has 0 aromatic carbocycles. The van der Waals surface area contributed by atoms with Crippen LogP contribution in [0.2, 0.25) is 10.2 Å². The third-order valence-corrected chi connectivity index (χ3v) is 3.54. The Morgan fingerprint density at radius 1 is 1.50 bits per heavy atom. The summed E-state index contributed by atoms with van der Waals surface area (Å²) < 4.78 is 1.45. The van der Waals surface area contributed by atoms with Crippen molar-refractivity contribution < 1.29 is 14.7 Å². The lowest BCUT2D eigenvalue weighted by Gasteiger charge is -2.11. The van der Waals surface area contributed by atoms with Gasteiger partial charge in [0.15, 0.2) is 0 Å². The summed E-state index contributed by atoms with van der Waals surface area (Å²) in [7, 11) is 1.61. The third kappa shape index (κ3) is 3.17. The van der Waals surface area contributed by atoms with E-state index in [1.165, 1.54) is 10.6 Å². The first-order valence-corrected chi connectivity index (χ1v) is 6.15. The molecule has 0 saturated heterocycles. The number of carboxylic acids is 1. The fraction of sp³-hybridized carbons (Fsp3) is 0.455. The molecule has 7 heteroatoms. The molecule has 1 atom stereocenters. The van der Waals surface area contributed by atoms with E-state index in [1.54, 1.807) is 14.0 Å². The van der Waals surface area contributed by atoms with Crippen molar-refractivity contribution in [2.75, 3.05) is 6.54 Å². The third-order valence-electron chi connectivity index (χ3n) is 2.70. The predicted molar refractivity (Wildman–Crippen MR) is 69.2 cm³/mol. The Morgan fingerprint density at radius 3 is 2.50 bits per heavy atom. The number of aromatic nitrogens is 1. The van der Waals surface area contributed by atoms with Crippen LogP contribution in [0.4, 0.5) is 0 Å². The van der Waals surface area contributed by atoms with Crippen LogP contribution in [0.3, 0.4) is 0 Å². The Labute approximate surface area is 115 Å². The van der Waals surface area contributed by atoms with Crippen LogP contribution >= 0.6 is 23.2 Å². The second-order valence-electron chi connectivity index (χ2n) is 3.88. The number of nitrogens with zero attached hydrogens (tertiary/aromatic N) is 1. The highest BCUT2D eigenvalue weighted by molar-refractivity contribution is 6.41. The van der Waals surface area contributed by atoms with Crippen LogP contribution in [0, 0.1) is 5.92 Å². The maximum Gasteiger partial charge on any atom is 0.308 e. The standard InChI is InChI=1S/C11H14Cl2N2O3/c1-3-6(11(17)18)5-14-10(16)8-4-7(12)9(13)15(8)2/h4,6H,3,5H2,1-2H3,(H,14,16)(H,17,18).